The highest BCUT2D eigenvalue weighted by molar-refractivity contribution is 5.87. The first-order valence-corrected chi connectivity index (χ1v) is 11.5. The first kappa shape index (κ1) is 20.8. The topological polar surface area (TPSA) is 70.7 Å². The molecule has 0 radical (unpaired) electrons. The van der Waals surface area contributed by atoms with Crippen LogP contribution in [0.3, 0.4) is 0 Å². The molecule has 1 aromatic carbocycles. The number of piperidine rings is 1. The van der Waals surface area contributed by atoms with Crippen LogP contribution in [0.5, 0.6) is 0 Å². The van der Waals surface area contributed by atoms with Crippen LogP contribution in [-0.4, -0.2) is 58.1 Å². The average Bonchev–Trinajstić information content (AvgIpc) is 3.21. The van der Waals surface area contributed by atoms with E-state index in [0.717, 1.165) is 49.0 Å². The summed E-state index contributed by atoms with van der Waals surface area (Å²) in [5.41, 5.74) is 3.62. The van der Waals surface area contributed by atoms with Gasteiger partial charge in [0.05, 0.1) is 17.7 Å². The van der Waals surface area contributed by atoms with E-state index in [-0.39, 0.29) is 5.56 Å². The van der Waals surface area contributed by atoms with Gasteiger partial charge in [-0.1, -0.05) is 18.2 Å². The molecule has 2 aromatic heterocycles. The van der Waals surface area contributed by atoms with Crippen LogP contribution >= 0.6 is 0 Å². The molecule has 2 aliphatic rings. The summed E-state index contributed by atoms with van der Waals surface area (Å²) in [5.74, 6) is 1.79. The van der Waals surface area contributed by atoms with Gasteiger partial charge in [-0.15, -0.1) is 0 Å². The first-order valence-electron chi connectivity index (χ1n) is 11.5. The number of anilines is 1. The third-order valence-corrected chi connectivity index (χ3v) is 6.68. The van der Waals surface area contributed by atoms with Crippen molar-refractivity contribution in [2.24, 2.45) is 4.99 Å². The van der Waals surface area contributed by atoms with Gasteiger partial charge in [0, 0.05) is 45.5 Å². The molecular formula is C24H31N7O. The van der Waals surface area contributed by atoms with Crippen LogP contribution in [0.25, 0.3) is 11.0 Å². The smallest absolute Gasteiger partial charge is 0.277 e. The van der Waals surface area contributed by atoms with Crippen LogP contribution in [-0.2, 0) is 19.6 Å². The van der Waals surface area contributed by atoms with Crippen LogP contribution in [0.2, 0.25) is 0 Å². The average molecular weight is 434 g/mol. The number of rotatable bonds is 5. The predicted molar refractivity (Wildman–Crippen MR) is 129 cm³/mol. The summed E-state index contributed by atoms with van der Waals surface area (Å²) in [6.45, 7) is 5.91. The molecule has 1 fully saturated rings. The number of benzene rings is 1. The fraction of sp³-hybridized carbons (Fsp3) is 0.458. The largest absolute Gasteiger partial charge is 0.357 e. The monoisotopic (exact) mass is 433 g/mol. The minimum Gasteiger partial charge on any atom is -0.357 e. The van der Waals surface area contributed by atoms with Gasteiger partial charge in [-0.2, -0.15) is 0 Å². The quantitative estimate of drug-likeness (QED) is 0.670. The van der Waals surface area contributed by atoms with Gasteiger partial charge in [0.25, 0.3) is 5.56 Å². The Morgan fingerprint density at radius 3 is 2.88 bits per heavy atom. The highest BCUT2D eigenvalue weighted by Gasteiger charge is 2.25. The van der Waals surface area contributed by atoms with Gasteiger partial charge in [-0.05, 0) is 44.5 Å². The Morgan fingerprint density at radius 2 is 2.06 bits per heavy atom. The fourth-order valence-corrected chi connectivity index (χ4v) is 4.86. The molecule has 1 N–H and O–H groups in total. The van der Waals surface area contributed by atoms with E-state index in [4.69, 9.17) is 9.98 Å². The van der Waals surface area contributed by atoms with Crippen molar-refractivity contribution in [2.75, 3.05) is 32.1 Å². The van der Waals surface area contributed by atoms with Crippen LogP contribution in [0.15, 0.2) is 46.3 Å². The summed E-state index contributed by atoms with van der Waals surface area (Å²) in [6.07, 6.45) is 4.14. The van der Waals surface area contributed by atoms with Crippen LogP contribution in [0, 0.1) is 0 Å². The van der Waals surface area contributed by atoms with E-state index in [0.29, 0.717) is 24.6 Å². The molecule has 8 heteroatoms. The minimum atomic E-state index is -0.0137. The van der Waals surface area contributed by atoms with Crippen LogP contribution in [0.4, 0.5) is 11.6 Å². The molecule has 1 atom stereocenters. The summed E-state index contributed by atoms with van der Waals surface area (Å²) in [7, 11) is 4.04. The number of amidine groups is 1. The van der Waals surface area contributed by atoms with E-state index >= 15 is 0 Å². The zero-order valence-electron chi connectivity index (χ0n) is 19.1. The van der Waals surface area contributed by atoms with Gasteiger partial charge < -0.3 is 24.3 Å². The molecule has 2 aliphatic heterocycles. The van der Waals surface area contributed by atoms with E-state index in [1.807, 2.05) is 44.6 Å². The summed E-state index contributed by atoms with van der Waals surface area (Å²) in [4.78, 5) is 27.7. The molecule has 4 heterocycles. The lowest BCUT2D eigenvalue weighted by Gasteiger charge is -2.33. The van der Waals surface area contributed by atoms with Crippen LogP contribution < -0.4 is 15.8 Å². The number of hydrogen-bond acceptors (Lipinski definition) is 6. The summed E-state index contributed by atoms with van der Waals surface area (Å²) in [6, 6.07) is 10.6. The third kappa shape index (κ3) is 3.58. The van der Waals surface area contributed by atoms with Crippen molar-refractivity contribution in [3.63, 3.8) is 0 Å². The van der Waals surface area contributed by atoms with E-state index < -0.39 is 0 Å². The maximum Gasteiger partial charge on any atom is 0.277 e. The number of nitrogens with one attached hydrogen (secondary N) is 1. The minimum absolute atomic E-state index is 0.0137. The number of hydrogen-bond donors (Lipinski definition) is 1. The number of para-hydroxylation sites is 1. The molecule has 3 aromatic rings. The third-order valence-electron chi connectivity index (χ3n) is 6.68. The lowest BCUT2D eigenvalue weighted by atomic mass is 10.1. The Bertz CT molecular complexity index is 1220. The van der Waals surface area contributed by atoms with Crippen LogP contribution in [0.1, 0.15) is 25.3 Å². The standard InChI is InChI=1S/C24H31N7O/c1-4-31-22-20(27-24(31)30-12-7-9-18(15-30)25-2)11-13-29(23(22)32)16-21-26-19-10-6-5-8-17(19)14-28(21)3/h5-6,8,10-11,13,18,25H,4,7,9,12,14-16H2,1-3H3. The molecule has 1 unspecified atom stereocenters. The van der Waals surface area contributed by atoms with E-state index in [9.17, 15) is 4.79 Å². The molecule has 0 aliphatic carbocycles. The first-order chi connectivity index (χ1) is 15.6. The lowest BCUT2D eigenvalue weighted by molar-refractivity contribution is 0.442. The second-order valence-electron chi connectivity index (χ2n) is 8.73. The number of likely N-dealkylation sites (N-methyl/N-ethyl adjacent to an activating group) is 2. The Labute approximate surface area is 188 Å². The summed E-state index contributed by atoms with van der Waals surface area (Å²) < 4.78 is 3.84. The van der Waals surface area contributed by atoms with Crippen molar-refractivity contribution in [2.45, 2.75) is 45.4 Å². The highest BCUT2D eigenvalue weighted by atomic mass is 16.1. The Hall–Kier alpha value is -3.13. The van der Waals surface area contributed by atoms with Crippen molar-refractivity contribution < 1.29 is 0 Å². The SMILES string of the molecule is CCn1c(N2CCCC(NC)C2)nc2ccn(CC3=Nc4ccccc4CN3C)c(=O)c21. The zero-order chi connectivity index (χ0) is 22.2. The van der Waals surface area contributed by atoms with Gasteiger partial charge in [-0.3, -0.25) is 4.79 Å². The van der Waals surface area contributed by atoms with Gasteiger partial charge in [0.15, 0.2) is 0 Å². The van der Waals surface area contributed by atoms with Gasteiger partial charge in [0.1, 0.15) is 11.4 Å². The predicted octanol–water partition coefficient (Wildman–Crippen LogP) is 2.58. The summed E-state index contributed by atoms with van der Waals surface area (Å²) >= 11 is 0. The van der Waals surface area contributed by atoms with E-state index in [1.165, 1.54) is 12.0 Å². The van der Waals surface area contributed by atoms with E-state index in [1.54, 1.807) is 4.57 Å². The van der Waals surface area contributed by atoms with Gasteiger partial charge in [-0.25, -0.2) is 9.98 Å². The zero-order valence-corrected chi connectivity index (χ0v) is 19.1. The number of pyridine rings is 1. The second kappa shape index (κ2) is 8.43. The van der Waals surface area contributed by atoms with Crippen molar-refractivity contribution in [3.05, 3.63) is 52.4 Å². The molecule has 1 saturated heterocycles. The van der Waals surface area contributed by atoms with Crippen molar-refractivity contribution in [1.82, 2.24) is 24.3 Å². The molecule has 0 spiro atoms. The van der Waals surface area contributed by atoms with Gasteiger partial charge in [0.2, 0.25) is 5.95 Å². The molecule has 0 amide bonds. The van der Waals surface area contributed by atoms with Crippen molar-refractivity contribution in [3.8, 4) is 0 Å². The fourth-order valence-electron chi connectivity index (χ4n) is 4.86. The molecule has 0 bridgehead atoms. The lowest BCUT2D eigenvalue weighted by Crippen LogP contribution is -2.45. The van der Waals surface area contributed by atoms with Crippen molar-refractivity contribution in [1.29, 1.82) is 0 Å². The summed E-state index contributed by atoms with van der Waals surface area (Å²) in [5, 5.41) is 3.39. The molecule has 0 saturated carbocycles. The number of fused-ring (bicyclic) bond motifs is 2. The molecule has 168 valence electrons. The molecule has 8 nitrogen and oxygen atoms in total. The number of nitrogens with zero attached hydrogens (tertiary/aromatic N) is 6. The Balaban J connectivity index is 1.52. The normalized spacial score (nSPS) is 18.7. The number of aromatic nitrogens is 3. The maximum absolute atomic E-state index is 13.5. The van der Waals surface area contributed by atoms with Gasteiger partial charge >= 0.3 is 0 Å². The second-order valence-corrected chi connectivity index (χ2v) is 8.73. The van der Waals surface area contributed by atoms with Crippen molar-refractivity contribution >= 4 is 28.5 Å². The number of aryl methyl sites for hydroxylation is 1. The number of imidazole rings is 1. The van der Waals surface area contributed by atoms with E-state index in [2.05, 4.69) is 32.7 Å². The Morgan fingerprint density at radius 1 is 1.22 bits per heavy atom. The molecule has 32 heavy (non-hydrogen) atoms. The number of aliphatic imine (C=N–C) groups is 1. The maximum atomic E-state index is 13.5. The molecule has 5 rings (SSSR count). The molecular weight excluding hydrogens is 402 g/mol. The highest BCUT2D eigenvalue weighted by Crippen LogP contribution is 2.26. The Kier molecular flexibility index (Phi) is 5.46.